The summed E-state index contributed by atoms with van der Waals surface area (Å²) >= 11 is 12.7. The van der Waals surface area contributed by atoms with Crippen molar-refractivity contribution < 1.29 is 22.7 Å². The lowest BCUT2D eigenvalue weighted by Gasteiger charge is -2.33. The number of ether oxygens (including phenoxy) is 1. The van der Waals surface area contributed by atoms with E-state index in [1.165, 1.54) is 12.0 Å². The van der Waals surface area contributed by atoms with E-state index in [0.717, 1.165) is 22.5 Å². The third kappa shape index (κ3) is 7.51. The zero-order chi connectivity index (χ0) is 27.0. The minimum Gasteiger partial charge on any atom is -0.495 e. The molecule has 0 bridgehead atoms. The number of anilines is 1. The number of carbonyl (C=O) groups excluding carboxylic acids is 2. The van der Waals surface area contributed by atoms with Crippen molar-refractivity contribution in [3.8, 4) is 5.75 Å². The van der Waals surface area contributed by atoms with E-state index < -0.39 is 28.5 Å². The number of methoxy groups -OCH3 is 1. The number of aryl methyl sites for hydroxylation is 1. The number of benzene rings is 2. The fraction of sp³-hybridized carbons (Fsp3) is 0.440. The summed E-state index contributed by atoms with van der Waals surface area (Å²) in [6.45, 7) is 5.34. The summed E-state index contributed by atoms with van der Waals surface area (Å²) in [5.74, 6) is -0.624. The Hall–Kier alpha value is -2.49. The van der Waals surface area contributed by atoms with Gasteiger partial charge < -0.3 is 15.0 Å². The molecule has 2 aromatic rings. The van der Waals surface area contributed by atoms with Crippen LogP contribution >= 0.6 is 23.2 Å². The smallest absolute Gasteiger partial charge is 0.244 e. The molecule has 11 heteroatoms. The highest BCUT2D eigenvalue weighted by atomic mass is 35.5. The Morgan fingerprint density at radius 2 is 1.75 bits per heavy atom. The molecule has 0 unspecified atom stereocenters. The molecule has 0 saturated heterocycles. The van der Waals surface area contributed by atoms with Gasteiger partial charge in [0, 0.05) is 28.7 Å². The standard InChI is InChI=1S/C25H33Cl2N3O5S/c1-6-13-28-25(32)21(7-2)29(15-18-19(26)9-8-10-20(18)27)24(31)16-30(36(5,33)34)22-14-17(3)11-12-23(22)35-4/h8-12,14,21H,6-7,13,15-16H2,1-5H3,(H,28,32)/t21-/m0/s1. The van der Waals surface area contributed by atoms with Crippen molar-refractivity contribution in [2.75, 3.05) is 30.8 Å². The van der Waals surface area contributed by atoms with Crippen LogP contribution in [0.2, 0.25) is 10.0 Å². The molecule has 0 aliphatic heterocycles. The summed E-state index contributed by atoms with van der Waals surface area (Å²) in [5.41, 5.74) is 1.49. The van der Waals surface area contributed by atoms with Crippen molar-refractivity contribution in [3.63, 3.8) is 0 Å². The Morgan fingerprint density at radius 1 is 1.11 bits per heavy atom. The van der Waals surface area contributed by atoms with E-state index in [2.05, 4.69) is 5.32 Å². The molecule has 0 spiro atoms. The molecule has 0 saturated carbocycles. The molecule has 8 nitrogen and oxygen atoms in total. The second kappa shape index (κ2) is 13.2. The molecule has 2 rings (SSSR count). The van der Waals surface area contributed by atoms with Gasteiger partial charge in [-0.05, 0) is 49.6 Å². The molecule has 0 heterocycles. The lowest BCUT2D eigenvalue weighted by Crippen LogP contribution is -2.52. The molecular formula is C25H33Cl2N3O5S. The van der Waals surface area contributed by atoms with Crippen molar-refractivity contribution >= 4 is 50.7 Å². The van der Waals surface area contributed by atoms with Crippen LogP contribution in [0.15, 0.2) is 36.4 Å². The number of nitrogens with zero attached hydrogens (tertiary/aromatic N) is 2. The van der Waals surface area contributed by atoms with Crippen LogP contribution in [0.3, 0.4) is 0 Å². The predicted molar refractivity (Wildman–Crippen MR) is 144 cm³/mol. The summed E-state index contributed by atoms with van der Waals surface area (Å²) in [5, 5.41) is 3.50. The second-order valence-electron chi connectivity index (χ2n) is 8.38. The molecule has 198 valence electrons. The summed E-state index contributed by atoms with van der Waals surface area (Å²) in [6.07, 6.45) is 2.04. The fourth-order valence-electron chi connectivity index (χ4n) is 3.73. The Bertz CT molecular complexity index is 1170. The first kappa shape index (κ1) is 29.7. The lowest BCUT2D eigenvalue weighted by atomic mass is 10.1. The molecule has 0 aliphatic rings. The van der Waals surface area contributed by atoms with E-state index in [9.17, 15) is 18.0 Å². The van der Waals surface area contributed by atoms with Crippen LogP contribution in [0.4, 0.5) is 5.69 Å². The Balaban J connectivity index is 2.55. The number of hydrogen-bond acceptors (Lipinski definition) is 5. The maximum atomic E-state index is 13.8. The largest absolute Gasteiger partial charge is 0.495 e. The maximum absolute atomic E-state index is 13.8. The highest BCUT2D eigenvalue weighted by molar-refractivity contribution is 7.92. The molecule has 0 radical (unpaired) electrons. The molecule has 0 aromatic heterocycles. The molecule has 1 N–H and O–H groups in total. The van der Waals surface area contributed by atoms with Gasteiger partial charge in [0.05, 0.1) is 19.1 Å². The van der Waals surface area contributed by atoms with Gasteiger partial charge in [0.15, 0.2) is 0 Å². The van der Waals surface area contributed by atoms with Gasteiger partial charge in [-0.2, -0.15) is 0 Å². The minimum absolute atomic E-state index is 0.0715. The maximum Gasteiger partial charge on any atom is 0.244 e. The summed E-state index contributed by atoms with van der Waals surface area (Å²) < 4.78 is 32.0. The van der Waals surface area contributed by atoms with Gasteiger partial charge in [0.1, 0.15) is 18.3 Å². The van der Waals surface area contributed by atoms with Crippen LogP contribution < -0.4 is 14.4 Å². The molecule has 0 aliphatic carbocycles. The third-order valence-electron chi connectivity index (χ3n) is 5.61. The van der Waals surface area contributed by atoms with E-state index in [4.69, 9.17) is 27.9 Å². The molecular weight excluding hydrogens is 525 g/mol. The normalized spacial score (nSPS) is 12.1. The van der Waals surface area contributed by atoms with Crippen LogP contribution in [0.1, 0.15) is 37.8 Å². The van der Waals surface area contributed by atoms with E-state index in [0.29, 0.717) is 34.3 Å². The lowest BCUT2D eigenvalue weighted by molar-refractivity contribution is -0.140. The number of amides is 2. The molecule has 2 amide bonds. The Kier molecular flexibility index (Phi) is 10.9. The average molecular weight is 559 g/mol. The van der Waals surface area contributed by atoms with Crippen LogP contribution in [0, 0.1) is 6.92 Å². The summed E-state index contributed by atoms with van der Waals surface area (Å²) in [4.78, 5) is 28.1. The van der Waals surface area contributed by atoms with Gasteiger partial charge in [-0.1, -0.05) is 49.2 Å². The number of sulfonamides is 1. The van der Waals surface area contributed by atoms with E-state index in [-0.39, 0.29) is 18.1 Å². The van der Waals surface area contributed by atoms with Crippen molar-refractivity contribution in [1.29, 1.82) is 0 Å². The van der Waals surface area contributed by atoms with Gasteiger partial charge in [-0.3, -0.25) is 13.9 Å². The van der Waals surface area contributed by atoms with Gasteiger partial charge in [0.2, 0.25) is 21.8 Å². The zero-order valence-electron chi connectivity index (χ0n) is 21.2. The third-order valence-corrected chi connectivity index (χ3v) is 7.44. The first-order chi connectivity index (χ1) is 16.9. The highest BCUT2D eigenvalue weighted by Gasteiger charge is 2.33. The molecule has 0 fully saturated rings. The summed E-state index contributed by atoms with van der Waals surface area (Å²) in [7, 11) is -2.47. The van der Waals surface area contributed by atoms with Crippen LogP contribution in [0.5, 0.6) is 5.75 Å². The van der Waals surface area contributed by atoms with Crippen LogP contribution in [-0.2, 0) is 26.2 Å². The Morgan fingerprint density at radius 3 is 2.28 bits per heavy atom. The van der Waals surface area contributed by atoms with E-state index >= 15 is 0 Å². The first-order valence-corrected chi connectivity index (χ1v) is 14.2. The van der Waals surface area contributed by atoms with Crippen molar-refractivity contribution in [3.05, 3.63) is 57.6 Å². The first-order valence-electron chi connectivity index (χ1n) is 11.6. The van der Waals surface area contributed by atoms with E-state index in [1.54, 1.807) is 43.3 Å². The minimum atomic E-state index is -3.90. The van der Waals surface area contributed by atoms with Gasteiger partial charge >= 0.3 is 0 Å². The quantitative estimate of drug-likeness (QED) is 0.417. The Labute approximate surface area is 223 Å². The SMILES string of the molecule is CCCNC(=O)[C@H](CC)N(Cc1c(Cl)cccc1Cl)C(=O)CN(c1cc(C)ccc1OC)S(C)(=O)=O. The highest BCUT2D eigenvalue weighted by Crippen LogP contribution is 2.32. The van der Waals surface area contributed by atoms with Gasteiger partial charge in [-0.25, -0.2) is 8.42 Å². The van der Waals surface area contributed by atoms with Gasteiger partial charge in [-0.15, -0.1) is 0 Å². The van der Waals surface area contributed by atoms with E-state index in [1.807, 2.05) is 13.8 Å². The second-order valence-corrected chi connectivity index (χ2v) is 11.1. The topological polar surface area (TPSA) is 96.0 Å². The molecule has 36 heavy (non-hydrogen) atoms. The monoisotopic (exact) mass is 557 g/mol. The molecule has 1 atom stereocenters. The summed E-state index contributed by atoms with van der Waals surface area (Å²) in [6, 6.07) is 9.16. The zero-order valence-corrected chi connectivity index (χ0v) is 23.5. The number of halogens is 2. The fourth-order valence-corrected chi connectivity index (χ4v) is 5.09. The number of hydrogen-bond donors (Lipinski definition) is 1. The van der Waals surface area contributed by atoms with Crippen LogP contribution in [-0.4, -0.2) is 57.6 Å². The molecule has 2 aromatic carbocycles. The predicted octanol–water partition coefficient (Wildman–Crippen LogP) is 4.41. The number of carbonyl (C=O) groups is 2. The van der Waals surface area contributed by atoms with Crippen molar-refractivity contribution in [1.82, 2.24) is 10.2 Å². The number of rotatable bonds is 12. The number of nitrogens with one attached hydrogen (secondary N) is 1. The van der Waals surface area contributed by atoms with Crippen LogP contribution in [0.25, 0.3) is 0 Å². The van der Waals surface area contributed by atoms with Crippen molar-refractivity contribution in [2.45, 2.75) is 46.2 Å². The van der Waals surface area contributed by atoms with Gasteiger partial charge in [0.25, 0.3) is 0 Å². The van der Waals surface area contributed by atoms with Crippen molar-refractivity contribution in [2.24, 2.45) is 0 Å². The average Bonchev–Trinajstić information content (AvgIpc) is 2.81.